The van der Waals surface area contributed by atoms with Crippen LogP contribution < -0.4 is 5.32 Å². The summed E-state index contributed by atoms with van der Waals surface area (Å²) in [7, 11) is 0. The van der Waals surface area contributed by atoms with Crippen LogP contribution in [-0.2, 0) is 11.2 Å². The quantitative estimate of drug-likeness (QED) is 0.819. The van der Waals surface area contributed by atoms with Crippen LogP contribution in [0.4, 0.5) is 4.39 Å². The van der Waals surface area contributed by atoms with Gasteiger partial charge >= 0.3 is 0 Å². The summed E-state index contributed by atoms with van der Waals surface area (Å²) in [6.45, 7) is 4.97. The minimum atomic E-state index is -0.266. The van der Waals surface area contributed by atoms with E-state index in [-0.39, 0.29) is 23.2 Å². The van der Waals surface area contributed by atoms with Gasteiger partial charge in [0.05, 0.1) is 11.5 Å². The van der Waals surface area contributed by atoms with Gasteiger partial charge in [0, 0.05) is 19.6 Å². The molecular formula is C24H27FN2O. The van der Waals surface area contributed by atoms with Gasteiger partial charge in [0.1, 0.15) is 5.82 Å². The van der Waals surface area contributed by atoms with Crippen LogP contribution in [0.3, 0.4) is 0 Å². The molecule has 1 N–H and O–H groups in total. The monoisotopic (exact) mass is 378 g/mol. The molecule has 1 saturated heterocycles. The molecule has 1 heterocycles. The van der Waals surface area contributed by atoms with E-state index in [1.807, 2.05) is 18.2 Å². The predicted octanol–water partition coefficient (Wildman–Crippen LogP) is 4.15. The number of benzene rings is 2. The zero-order valence-electron chi connectivity index (χ0n) is 16.3. The number of carbonyl (C=O) groups is 1. The van der Waals surface area contributed by atoms with Crippen molar-refractivity contribution >= 4 is 12.0 Å². The molecule has 0 aromatic heterocycles. The molecular weight excluding hydrogens is 351 g/mol. The number of hydrogen-bond donors (Lipinski definition) is 1. The second kappa shape index (κ2) is 7.88. The predicted molar refractivity (Wildman–Crippen MR) is 111 cm³/mol. The molecule has 1 aliphatic carbocycles. The van der Waals surface area contributed by atoms with Gasteiger partial charge < -0.3 is 10.2 Å². The third-order valence-electron chi connectivity index (χ3n) is 5.92. The third kappa shape index (κ3) is 4.17. The van der Waals surface area contributed by atoms with Crippen molar-refractivity contribution in [2.24, 2.45) is 0 Å². The molecule has 146 valence electrons. The lowest BCUT2D eigenvalue weighted by Crippen LogP contribution is -2.51. The fourth-order valence-corrected chi connectivity index (χ4v) is 4.28. The Labute approximate surface area is 166 Å². The lowest BCUT2D eigenvalue weighted by Gasteiger charge is -2.33. The van der Waals surface area contributed by atoms with Crippen LogP contribution in [0.2, 0.25) is 0 Å². The normalized spacial score (nSPS) is 24.1. The van der Waals surface area contributed by atoms with Crippen LogP contribution in [0, 0.1) is 5.82 Å². The molecule has 4 rings (SSSR count). The Morgan fingerprint density at radius 1 is 1.29 bits per heavy atom. The van der Waals surface area contributed by atoms with E-state index in [9.17, 15) is 9.18 Å². The van der Waals surface area contributed by atoms with Crippen molar-refractivity contribution in [2.45, 2.75) is 37.6 Å². The summed E-state index contributed by atoms with van der Waals surface area (Å²) in [6, 6.07) is 15.1. The maximum Gasteiger partial charge on any atom is 0.228 e. The molecule has 1 amide bonds. The third-order valence-corrected chi connectivity index (χ3v) is 5.92. The molecule has 28 heavy (non-hydrogen) atoms. The lowest BCUT2D eigenvalue weighted by molar-refractivity contribution is -0.124. The molecule has 2 aromatic carbocycles. The molecule has 3 nitrogen and oxygen atoms in total. The van der Waals surface area contributed by atoms with Crippen molar-refractivity contribution in [3.8, 4) is 0 Å². The number of hydrogen-bond acceptors (Lipinski definition) is 2. The zero-order chi connectivity index (χ0) is 19.6. The zero-order valence-corrected chi connectivity index (χ0v) is 16.3. The average Bonchev–Trinajstić information content (AvgIpc) is 3.03. The van der Waals surface area contributed by atoms with Gasteiger partial charge in [-0.15, -0.1) is 0 Å². The Balaban J connectivity index is 1.26. The summed E-state index contributed by atoms with van der Waals surface area (Å²) < 4.78 is 13.5. The average molecular weight is 378 g/mol. The van der Waals surface area contributed by atoms with Gasteiger partial charge in [-0.25, -0.2) is 4.39 Å². The maximum atomic E-state index is 13.5. The molecule has 2 atom stereocenters. The maximum absolute atomic E-state index is 13.5. The molecule has 1 fully saturated rings. The van der Waals surface area contributed by atoms with Gasteiger partial charge in [0.25, 0.3) is 0 Å². The van der Waals surface area contributed by atoms with Crippen LogP contribution in [0.25, 0.3) is 6.08 Å². The van der Waals surface area contributed by atoms with Gasteiger partial charge in [-0.3, -0.25) is 4.79 Å². The van der Waals surface area contributed by atoms with E-state index in [4.69, 9.17) is 0 Å². The number of likely N-dealkylation sites (tertiary alicyclic amines) is 1. The van der Waals surface area contributed by atoms with Crippen molar-refractivity contribution < 1.29 is 9.18 Å². The van der Waals surface area contributed by atoms with E-state index in [1.165, 1.54) is 17.7 Å². The molecule has 2 aromatic rings. The highest BCUT2D eigenvalue weighted by atomic mass is 19.1. The van der Waals surface area contributed by atoms with Crippen LogP contribution in [0.15, 0.2) is 54.6 Å². The molecule has 4 heteroatoms. The standard InChI is InChI=1S/C24H27FN2O/c1-24(26-23(28)22-15-19-10-11-20(25)16-21(19)22)12-14-27(17-24)13-6-5-9-18-7-3-2-4-8-18/h2-5,7-11,16,22H,6,12-15,17H2,1H3,(H,26,28)/b9-5+. The lowest BCUT2D eigenvalue weighted by atomic mass is 9.76. The first kappa shape index (κ1) is 18.9. The fourth-order valence-electron chi connectivity index (χ4n) is 4.28. The van der Waals surface area contributed by atoms with E-state index in [0.717, 1.165) is 43.6 Å². The van der Waals surface area contributed by atoms with Crippen molar-refractivity contribution in [3.05, 3.63) is 77.1 Å². The summed E-state index contributed by atoms with van der Waals surface area (Å²) in [4.78, 5) is 15.1. The number of nitrogens with one attached hydrogen (secondary N) is 1. The van der Waals surface area contributed by atoms with Crippen molar-refractivity contribution in [3.63, 3.8) is 0 Å². The number of nitrogens with zero attached hydrogens (tertiary/aromatic N) is 1. The first-order valence-electron chi connectivity index (χ1n) is 10.1. The van der Waals surface area contributed by atoms with E-state index in [2.05, 4.69) is 41.4 Å². The van der Waals surface area contributed by atoms with Crippen molar-refractivity contribution in [1.82, 2.24) is 10.2 Å². The van der Waals surface area contributed by atoms with E-state index in [1.54, 1.807) is 6.07 Å². The summed E-state index contributed by atoms with van der Waals surface area (Å²) in [6.07, 6.45) is 7.03. The Bertz CT molecular complexity index is 879. The molecule has 0 radical (unpaired) electrons. The van der Waals surface area contributed by atoms with Gasteiger partial charge in [0.2, 0.25) is 5.91 Å². The van der Waals surface area contributed by atoms with Crippen LogP contribution in [-0.4, -0.2) is 36.0 Å². The highest BCUT2D eigenvalue weighted by Gasteiger charge is 2.39. The van der Waals surface area contributed by atoms with Crippen LogP contribution >= 0.6 is 0 Å². The van der Waals surface area contributed by atoms with Gasteiger partial charge in [-0.2, -0.15) is 0 Å². The van der Waals surface area contributed by atoms with E-state index in [0.29, 0.717) is 6.42 Å². The SMILES string of the molecule is CC1(NC(=O)C2Cc3ccc(F)cc32)CCN(CC/C=C/c2ccccc2)C1. The molecule has 1 aliphatic heterocycles. The van der Waals surface area contributed by atoms with Gasteiger partial charge in [-0.1, -0.05) is 48.6 Å². The molecule has 0 spiro atoms. The first-order chi connectivity index (χ1) is 13.5. The summed E-state index contributed by atoms with van der Waals surface area (Å²) in [5.41, 5.74) is 2.95. The van der Waals surface area contributed by atoms with E-state index < -0.39 is 0 Å². The van der Waals surface area contributed by atoms with Gasteiger partial charge in [-0.05, 0) is 55.0 Å². The smallest absolute Gasteiger partial charge is 0.228 e. The largest absolute Gasteiger partial charge is 0.349 e. The Kier molecular flexibility index (Phi) is 5.31. The minimum absolute atomic E-state index is 0.0337. The Morgan fingerprint density at radius 3 is 2.93 bits per heavy atom. The van der Waals surface area contributed by atoms with Crippen molar-refractivity contribution in [2.75, 3.05) is 19.6 Å². The first-order valence-corrected chi connectivity index (χ1v) is 10.1. The second-order valence-electron chi connectivity index (χ2n) is 8.28. The highest BCUT2D eigenvalue weighted by molar-refractivity contribution is 5.87. The number of rotatable bonds is 6. The summed E-state index contributed by atoms with van der Waals surface area (Å²) in [5, 5.41) is 3.24. The van der Waals surface area contributed by atoms with Crippen LogP contribution in [0.5, 0.6) is 0 Å². The second-order valence-corrected chi connectivity index (χ2v) is 8.28. The number of amides is 1. The fraction of sp³-hybridized carbons (Fsp3) is 0.375. The number of carbonyl (C=O) groups excluding carboxylic acids is 1. The number of fused-ring (bicyclic) bond motifs is 1. The van der Waals surface area contributed by atoms with E-state index >= 15 is 0 Å². The summed E-state index contributed by atoms with van der Waals surface area (Å²) >= 11 is 0. The Hall–Kier alpha value is -2.46. The Morgan fingerprint density at radius 2 is 2.11 bits per heavy atom. The van der Waals surface area contributed by atoms with Crippen molar-refractivity contribution in [1.29, 1.82) is 0 Å². The molecule has 2 unspecified atom stereocenters. The molecule has 2 aliphatic rings. The highest BCUT2D eigenvalue weighted by Crippen LogP contribution is 2.36. The van der Waals surface area contributed by atoms with Gasteiger partial charge in [0.15, 0.2) is 0 Å². The number of halogens is 1. The molecule has 0 bridgehead atoms. The summed E-state index contributed by atoms with van der Waals surface area (Å²) in [5.74, 6) is -0.435. The minimum Gasteiger partial charge on any atom is -0.349 e. The topological polar surface area (TPSA) is 32.3 Å². The molecule has 0 saturated carbocycles. The van der Waals surface area contributed by atoms with Crippen LogP contribution in [0.1, 0.15) is 42.4 Å².